The van der Waals surface area contributed by atoms with Gasteiger partial charge in [0.1, 0.15) is 5.69 Å². The number of benzene rings is 4. The Hall–Kier alpha value is -4.98. The third kappa shape index (κ3) is 5.70. The maximum atomic E-state index is 12.1. The van der Waals surface area contributed by atoms with Crippen molar-refractivity contribution in [2.24, 2.45) is 10.2 Å². The van der Waals surface area contributed by atoms with Crippen LogP contribution >= 0.6 is 0 Å². The van der Waals surface area contributed by atoms with Crippen molar-refractivity contribution in [1.29, 1.82) is 0 Å². The Morgan fingerprint density at radius 1 is 0.737 bits per heavy atom. The molecule has 4 aromatic rings. The molecular weight excluding hydrogens is 480 g/mol. The Labute approximate surface area is 220 Å². The van der Waals surface area contributed by atoms with E-state index in [9.17, 15) is 19.8 Å². The fourth-order valence-corrected chi connectivity index (χ4v) is 3.95. The van der Waals surface area contributed by atoms with Crippen molar-refractivity contribution >= 4 is 40.4 Å². The summed E-state index contributed by atoms with van der Waals surface area (Å²) in [7, 11) is 3.87. The van der Waals surface area contributed by atoms with Crippen LogP contribution in [0.2, 0.25) is 0 Å². The van der Waals surface area contributed by atoms with Gasteiger partial charge in [0.15, 0.2) is 0 Å². The lowest BCUT2D eigenvalue weighted by Gasteiger charge is -2.15. The van der Waals surface area contributed by atoms with Gasteiger partial charge in [-0.2, -0.15) is 5.11 Å². The number of carboxylic acid groups (broad SMARTS) is 2. The van der Waals surface area contributed by atoms with Crippen LogP contribution in [0, 0.1) is 13.8 Å². The summed E-state index contributed by atoms with van der Waals surface area (Å²) in [6.07, 6.45) is 0. The zero-order valence-electron chi connectivity index (χ0n) is 21.6. The lowest BCUT2D eigenvalue weighted by atomic mass is 9.99. The van der Waals surface area contributed by atoms with Crippen LogP contribution in [-0.4, -0.2) is 36.2 Å². The molecule has 0 radical (unpaired) electrons. The molecule has 0 amide bonds. The number of azo groups is 1. The first kappa shape index (κ1) is 26.1. The lowest BCUT2D eigenvalue weighted by molar-refractivity contribution is 0.0687. The van der Waals surface area contributed by atoms with Crippen LogP contribution in [-0.2, 0) is 0 Å². The molecule has 0 heterocycles. The van der Waals surface area contributed by atoms with Crippen LogP contribution in [0.5, 0.6) is 0 Å². The molecule has 0 aliphatic carbocycles. The molecule has 0 saturated carbocycles. The topological polar surface area (TPSA) is 115 Å². The first-order chi connectivity index (χ1) is 18.1. The maximum Gasteiger partial charge on any atom is 0.337 e. The van der Waals surface area contributed by atoms with E-state index in [0.717, 1.165) is 22.5 Å². The molecule has 0 aliphatic rings. The number of aromatic carboxylic acids is 2. The second-order valence-corrected chi connectivity index (χ2v) is 9.09. The van der Waals surface area contributed by atoms with Crippen molar-refractivity contribution in [3.8, 4) is 11.1 Å². The monoisotopic (exact) mass is 508 g/mol. The van der Waals surface area contributed by atoms with E-state index in [4.69, 9.17) is 0 Å². The zero-order chi connectivity index (χ0) is 27.4. The average Bonchev–Trinajstić information content (AvgIpc) is 2.90. The number of rotatable bonds is 8. The molecule has 38 heavy (non-hydrogen) atoms. The van der Waals surface area contributed by atoms with Crippen LogP contribution in [0.25, 0.3) is 11.1 Å². The zero-order valence-corrected chi connectivity index (χ0v) is 21.6. The fraction of sp³-hybridized carbons (Fsp3) is 0.133. The molecular formula is C30H28N4O4. The molecule has 0 fully saturated rings. The van der Waals surface area contributed by atoms with E-state index in [1.165, 1.54) is 6.07 Å². The molecule has 0 aliphatic heterocycles. The van der Waals surface area contributed by atoms with Crippen LogP contribution < -0.4 is 10.2 Å². The van der Waals surface area contributed by atoms with Crippen LogP contribution in [0.15, 0.2) is 89.1 Å². The van der Waals surface area contributed by atoms with Gasteiger partial charge in [0.2, 0.25) is 0 Å². The second kappa shape index (κ2) is 11.0. The second-order valence-electron chi connectivity index (χ2n) is 9.09. The molecule has 0 bridgehead atoms. The van der Waals surface area contributed by atoms with E-state index in [1.54, 1.807) is 42.5 Å². The minimum atomic E-state index is -1.13. The smallest absolute Gasteiger partial charge is 0.337 e. The van der Waals surface area contributed by atoms with Crippen LogP contribution in [0.4, 0.5) is 28.4 Å². The molecule has 4 aromatic carbocycles. The summed E-state index contributed by atoms with van der Waals surface area (Å²) >= 11 is 0. The normalized spacial score (nSPS) is 10.9. The van der Waals surface area contributed by atoms with E-state index in [2.05, 4.69) is 15.5 Å². The van der Waals surface area contributed by atoms with E-state index in [-0.39, 0.29) is 16.8 Å². The maximum absolute atomic E-state index is 12.1. The van der Waals surface area contributed by atoms with E-state index in [1.807, 2.05) is 63.2 Å². The predicted molar refractivity (Wildman–Crippen MR) is 150 cm³/mol. The average molecular weight is 509 g/mol. The van der Waals surface area contributed by atoms with Gasteiger partial charge in [-0.15, -0.1) is 5.11 Å². The molecule has 3 N–H and O–H groups in total. The van der Waals surface area contributed by atoms with Crippen molar-refractivity contribution in [3.05, 3.63) is 101 Å². The summed E-state index contributed by atoms with van der Waals surface area (Å²) in [6.45, 7) is 3.97. The molecule has 0 atom stereocenters. The van der Waals surface area contributed by atoms with Gasteiger partial charge in [-0.25, -0.2) is 9.59 Å². The number of nitrogens with one attached hydrogen (secondary N) is 1. The first-order valence-electron chi connectivity index (χ1n) is 11.9. The summed E-state index contributed by atoms with van der Waals surface area (Å²) in [6, 6.07) is 22.9. The Kier molecular flexibility index (Phi) is 7.53. The SMILES string of the molecule is Cc1cccc(Nc2ccc(-c3ccc(C(=O)O)c(N=Nc4ccc(N(C)C)cc4)c3)cc2C(=O)O)c1C. The lowest BCUT2D eigenvalue weighted by Crippen LogP contribution is -2.07. The van der Waals surface area contributed by atoms with Gasteiger partial charge in [-0.1, -0.05) is 24.3 Å². The molecule has 192 valence electrons. The van der Waals surface area contributed by atoms with E-state index < -0.39 is 11.9 Å². The number of nitrogens with zero attached hydrogens (tertiary/aromatic N) is 3. The minimum absolute atomic E-state index is 0.00548. The van der Waals surface area contributed by atoms with Gasteiger partial charge in [0.25, 0.3) is 0 Å². The molecule has 8 nitrogen and oxygen atoms in total. The summed E-state index contributed by atoms with van der Waals surface area (Å²) in [5.41, 5.74) is 6.47. The number of hydrogen-bond donors (Lipinski definition) is 3. The predicted octanol–water partition coefficient (Wildman–Crippen LogP) is 7.59. The highest BCUT2D eigenvalue weighted by Crippen LogP contribution is 2.33. The Bertz CT molecular complexity index is 1540. The fourth-order valence-electron chi connectivity index (χ4n) is 3.95. The summed E-state index contributed by atoms with van der Waals surface area (Å²) in [4.78, 5) is 25.9. The molecule has 0 spiro atoms. The Balaban J connectivity index is 1.70. The van der Waals surface area contributed by atoms with Gasteiger partial charge in [-0.3, -0.25) is 0 Å². The third-order valence-corrected chi connectivity index (χ3v) is 6.32. The van der Waals surface area contributed by atoms with Crippen molar-refractivity contribution in [2.75, 3.05) is 24.3 Å². The number of carbonyl (C=O) groups is 2. The quantitative estimate of drug-likeness (QED) is 0.211. The highest BCUT2D eigenvalue weighted by atomic mass is 16.4. The first-order valence-corrected chi connectivity index (χ1v) is 11.9. The van der Waals surface area contributed by atoms with E-state index >= 15 is 0 Å². The summed E-state index contributed by atoms with van der Waals surface area (Å²) < 4.78 is 0. The molecule has 8 heteroatoms. The Morgan fingerprint density at radius 3 is 2.05 bits per heavy atom. The number of hydrogen-bond acceptors (Lipinski definition) is 6. The van der Waals surface area contributed by atoms with Gasteiger partial charge >= 0.3 is 11.9 Å². The van der Waals surface area contributed by atoms with E-state index in [0.29, 0.717) is 22.5 Å². The van der Waals surface area contributed by atoms with Crippen molar-refractivity contribution in [2.45, 2.75) is 13.8 Å². The van der Waals surface area contributed by atoms with Crippen LogP contribution in [0.1, 0.15) is 31.8 Å². The molecule has 0 unspecified atom stereocenters. The standard InChI is InChI=1S/C30H28N4O4/c1-18-6-5-7-26(19(18)2)31-27-15-9-20(16-25(27)30(37)38)21-8-14-24(29(35)36)28(17-21)33-32-22-10-12-23(13-11-22)34(3)4/h5-17,31H,1-4H3,(H,35,36)(H,37,38). The Morgan fingerprint density at radius 2 is 1.39 bits per heavy atom. The third-order valence-electron chi connectivity index (χ3n) is 6.32. The summed E-state index contributed by atoms with van der Waals surface area (Å²) in [5, 5.41) is 31.2. The number of anilines is 3. The number of carboxylic acids is 2. The van der Waals surface area contributed by atoms with Crippen molar-refractivity contribution in [3.63, 3.8) is 0 Å². The van der Waals surface area contributed by atoms with Gasteiger partial charge in [0.05, 0.1) is 22.5 Å². The van der Waals surface area contributed by atoms with Crippen molar-refractivity contribution in [1.82, 2.24) is 0 Å². The van der Waals surface area contributed by atoms with Gasteiger partial charge in [-0.05, 0) is 90.7 Å². The highest BCUT2D eigenvalue weighted by molar-refractivity contribution is 5.98. The van der Waals surface area contributed by atoms with Crippen molar-refractivity contribution < 1.29 is 19.8 Å². The van der Waals surface area contributed by atoms with Gasteiger partial charge in [0, 0.05) is 25.5 Å². The number of aryl methyl sites for hydroxylation is 1. The van der Waals surface area contributed by atoms with Gasteiger partial charge < -0.3 is 20.4 Å². The highest BCUT2D eigenvalue weighted by Gasteiger charge is 2.16. The molecule has 0 saturated heterocycles. The molecule has 4 rings (SSSR count). The van der Waals surface area contributed by atoms with Crippen LogP contribution in [0.3, 0.4) is 0 Å². The largest absolute Gasteiger partial charge is 0.478 e. The minimum Gasteiger partial charge on any atom is -0.478 e. The molecule has 0 aromatic heterocycles. The summed E-state index contributed by atoms with van der Waals surface area (Å²) in [5.74, 6) is -2.21.